The van der Waals surface area contributed by atoms with Crippen molar-refractivity contribution in [2.24, 2.45) is 0 Å². The van der Waals surface area contributed by atoms with E-state index in [2.05, 4.69) is 30.3 Å². The molecule has 5 heterocycles. The zero-order chi connectivity index (χ0) is 39.7. The number of fused-ring (bicyclic) bond motifs is 3. The molecule has 292 valence electrons. The molecular weight excluding hydrogens is 758 g/mol. The van der Waals surface area contributed by atoms with Crippen molar-refractivity contribution in [3.63, 3.8) is 0 Å². The molecule has 2 fully saturated rings. The fourth-order valence-electron chi connectivity index (χ4n) is 8.27. The average molecular weight is 794 g/mol. The maximum atomic E-state index is 15.7. The van der Waals surface area contributed by atoms with E-state index < -0.39 is 46.9 Å². The Morgan fingerprint density at radius 2 is 1.82 bits per heavy atom. The van der Waals surface area contributed by atoms with Gasteiger partial charge in [-0.05, 0) is 87.5 Å². The first-order chi connectivity index (χ1) is 26.6. The lowest BCUT2D eigenvalue weighted by Crippen LogP contribution is -2.46. The number of aromatic nitrogens is 6. The predicted octanol–water partition coefficient (Wildman–Crippen LogP) is 5.70. The van der Waals surface area contributed by atoms with Crippen molar-refractivity contribution >= 4 is 34.9 Å². The lowest BCUT2D eigenvalue weighted by atomic mass is 9.73. The maximum Gasteiger partial charge on any atom is 0.416 e. The smallest absolute Gasteiger partial charge is 0.416 e. The van der Waals surface area contributed by atoms with Gasteiger partial charge in [0.1, 0.15) is 18.7 Å². The summed E-state index contributed by atoms with van der Waals surface area (Å²) in [6.45, 7) is 5.97. The molecule has 0 bridgehead atoms. The standard InChI is InChI=1S/C38H36ClF4N9O4/c1-20-16-37(8-12-50(13-9-37)35(56)30-32(54)21(2)44-19-45-30)29-31(20)51(18-28(53)46-27-7-5-23(15-25(27)39)38(41,42)43)36-47-33(48-52(36)34(29)55)24-6-4-22(14-26(24)40)17-49-10-3-11-49/h4-7,14-15,19-20,54H,3,8-13,16-18H2,1-2H3,(H,46,53). The van der Waals surface area contributed by atoms with Crippen molar-refractivity contribution in [3.8, 4) is 17.1 Å². The molecule has 1 unspecified atom stereocenters. The number of alkyl halides is 3. The van der Waals surface area contributed by atoms with E-state index >= 15 is 4.39 Å². The molecule has 8 rings (SSSR count). The summed E-state index contributed by atoms with van der Waals surface area (Å²) in [7, 11) is 0. The second kappa shape index (κ2) is 14.0. The number of amides is 2. The highest BCUT2D eigenvalue weighted by atomic mass is 35.5. The summed E-state index contributed by atoms with van der Waals surface area (Å²) in [4.78, 5) is 58.1. The molecule has 13 nitrogen and oxygen atoms in total. The molecule has 3 aromatic heterocycles. The number of benzene rings is 2. The Labute approximate surface area is 321 Å². The first-order valence-corrected chi connectivity index (χ1v) is 18.5. The van der Waals surface area contributed by atoms with Gasteiger partial charge in [0, 0.05) is 36.3 Å². The number of aromatic hydroxyl groups is 1. The molecule has 2 N–H and O–H groups in total. The number of piperidine rings is 1. The van der Waals surface area contributed by atoms with Gasteiger partial charge in [-0.1, -0.05) is 24.6 Å². The van der Waals surface area contributed by atoms with Crippen molar-refractivity contribution in [2.75, 3.05) is 31.5 Å². The van der Waals surface area contributed by atoms with E-state index in [-0.39, 0.29) is 64.0 Å². The van der Waals surface area contributed by atoms with E-state index in [1.165, 1.54) is 12.4 Å². The first kappa shape index (κ1) is 37.5. The number of carbonyl (C=O) groups is 2. The van der Waals surface area contributed by atoms with Gasteiger partial charge in [-0.15, -0.1) is 5.10 Å². The molecule has 2 aromatic carbocycles. The lowest BCUT2D eigenvalue weighted by molar-refractivity contribution is -0.137. The van der Waals surface area contributed by atoms with Gasteiger partial charge in [-0.3, -0.25) is 19.3 Å². The number of halogens is 5. The molecule has 1 spiro atoms. The number of anilines is 1. The Hall–Kier alpha value is -5.42. The van der Waals surface area contributed by atoms with Crippen molar-refractivity contribution in [1.82, 2.24) is 38.9 Å². The van der Waals surface area contributed by atoms with Crippen molar-refractivity contribution < 1.29 is 32.3 Å². The molecular formula is C38H36ClF4N9O4. The Balaban J connectivity index is 1.18. The third-order valence-corrected chi connectivity index (χ3v) is 11.5. The molecule has 1 aliphatic carbocycles. The van der Waals surface area contributed by atoms with Crippen LogP contribution in [0.5, 0.6) is 5.75 Å². The summed E-state index contributed by atoms with van der Waals surface area (Å²) in [5.74, 6) is -2.40. The molecule has 18 heteroatoms. The number of rotatable bonds is 7. The van der Waals surface area contributed by atoms with E-state index in [4.69, 9.17) is 11.6 Å². The lowest BCUT2D eigenvalue weighted by Gasteiger charge is -2.39. The van der Waals surface area contributed by atoms with Crippen LogP contribution in [0.15, 0.2) is 47.5 Å². The number of hydrogen-bond donors (Lipinski definition) is 2. The van der Waals surface area contributed by atoms with Gasteiger partial charge in [0.05, 0.1) is 27.5 Å². The fraction of sp³-hybridized carbons (Fsp3) is 0.395. The molecule has 2 saturated heterocycles. The van der Waals surface area contributed by atoms with Crippen molar-refractivity contribution in [2.45, 2.75) is 70.1 Å². The molecule has 56 heavy (non-hydrogen) atoms. The van der Waals surface area contributed by atoms with Gasteiger partial charge >= 0.3 is 6.18 Å². The van der Waals surface area contributed by atoms with Crippen LogP contribution >= 0.6 is 11.6 Å². The van der Waals surface area contributed by atoms with Crippen LogP contribution in [-0.4, -0.2) is 82.0 Å². The summed E-state index contributed by atoms with van der Waals surface area (Å²) in [5, 5.41) is 17.2. The largest absolute Gasteiger partial charge is 0.504 e. The summed E-state index contributed by atoms with van der Waals surface area (Å²) < 4.78 is 58.2. The Kier molecular flexibility index (Phi) is 9.34. The highest BCUT2D eigenvalue weighted by molar-refractivity contribution is 6.33. The molecule has 2 aliphatic heterocycles. The van der Waals surface area contributed by atoms with Crippen LogP contribution in [0.25, 0.3) is 17.2 Å². The van der Waals surface area contributed by atoms with Crippen LogP contribution < -0.4 is 10.9 Å². The normalized spacial score (nSPS) is 18.0. The maximum absolute atomic E-state index is 15.7. The van der Waals surface area contributed by atoms with Gasteiger partial charge in [-0.2, -0.15) is 22.7 Å². The molecule has 0 radical (unpaired) electrons. The summed E-state index contributed by atoms with van der Waals surface area (Å²) in [5.41, 5.74) is -0.363. The van der Waals surface area contributed by atoms with E-state index in [1.54, 1.807) is 28.5 Å². The summed E-state index contributed by atoms with van der Waals surface area (Å²) >= 11 is 6.16. The monoisotopic (exact) mass is 793 g/mol. The quantitative estimate of drug-likeness (QED) is 0.198. The number of nitrogens with zero attached hydrogens (tertiary/aromatic N) is 8. The minimum absolute atomic E-state index is 0.0207. The molecule has 0 saturated carbocycles. The van der Waals surface area contributed by atoms with E-state index in [0.717, 1.165) is 47.8 Å². The topological polar surface area (TPSA) is 151 Å². The third kappa shape index (κ3) is 6.55. The molecule has 3 aliphatic rings. The molecule has 1 atom stereocenters. The van der Waals surface area contributed by atoms with Crippen molar-refractivity contribution in [1.29, 1.82) is 0 Å². The zero-order valence-electron chi connectivity index (χ0n) is 30.3. The summed E-state index contributed by atoms with van der Waals surface area (Å²) in [6, 6.07) is 7.35. The van der Waals surface area contributed by atoms with Gasteiger partial charge in [0.2, 0.25) is 11.7 Å². The van der Waals surface area contributed by atoms with Crippen LogP contribution in [0.1, 0.15) is 77.1 Å². The van der Waals surface area contributed by atoms with Crippen LogP contribution in [0, 0.1) is 12.7 Å². The molecule has 2 amide bonds. The minimum Gasteiger partial charge on any atom is -0.504 e. The second-order valence-corrected chi connectivity index (χ2v) is 15.2. The first-order valence-electron chi connectivity index (χ1n) is 18.1. The van der Waals surface area contributed by atoms with Gasteiger partial charge in [0.15, 0.2) is 17.3 Å². The minimum atomic E-state index is -4.64. The van der Waals surface area contributed by atoms with Gasteiger partial charge in [-0.25, -0.2) is 14.4 Å². The van der Waals surface area contributed by atoms with E-state index in [0.29, 0.717) is 37.1 Å². The highest BCUT2D eigenvalue weighted by Gasteiger charge is 2.49. The Bertz CT molecular complexity index is 2470. The second-order valence-electron chi connectivity index (χ2n) is 14.8. The van der Waals surface area contributed by atoms with Crippen LogP contribution in [0.4, 0.5) is 23.2 Å². The van der Waals surface area contributed by atoms with Crippen LogP contribution in [-0.2, 0) is 29.5 Å². The highest BCUT2D eigenvalue weighted by Crippen LogP contribution is 2.50. The van der Waals surface area contributed by atoms with E-state index in [9.17, 15) is 32.7 Å². The number of likely N-dealkylation sites (tertiary alicyclic amines) is 2. The number of nitrogens with one attached hydrogen (secondary N) is 1. The summed E-state index contributed by atoms with van der Waals surface area (Å²) in [6.07, 6.45) is -1.12. The zero-order valence-corrected chi connectivity index (χ0v) is 31.1. The fourth-order valence-corrected chi connectivity index (χ4v) is 8.49. The van der Waals surface area contributed by atoms with Crippen LogP contribution in [0.2, 0.25) is 5.02 Å². The Morgan fingerprint density at radius 3 is 2.48 bits per heavy atom. The van der Waals surface area contributed by atoms with E-state index in [1.807, 2.05) is 6.92 Å². The SMILES string of the molecule is Cc1ncnc(C(=O)N2CCC3(CC2)CC(C)c2c3c(=O)n3nc(-c4ccc(CN5CCC5)cc4F)nc3n2CC(=O)Nc2ccc(C(F)(F)F)cc2Cl)c1O. The van der Waals surface area contributed by atoms with Crippen molar-refractivity contribution in [3.05, 3.63) is 97.7 Å². The predicted molar refractivity (Wildman–Crippen MR) is 196 cm³/mol. The number of carbonyl (C=O) groups excluding carboxylic acids is 2. The Morgan fingerprint density at radius 1 is 1.07 bits per heavy atom. The van der Waals surface area contributed by atoms with Gasteiger partial charge in [0.25, 0.3) is 11.5 Å². The number of hydrogen-bond acceptors (Lipinski definition) is 9. The molecule has 5 aromatic rings. The number of aryl methyl sites for hydroxylation is 1. The van der Waals surface area contributed by atoms with Crippen LogP contribution in [0.3, 0.4) is 0 Å². The average Bonchev–Trinajstić information content (AvgIpc) is 3.70. The third-order valence-electron chi connectivity index (χ3n) is 11.2. The van der Waals surface area contributed by atoms with Gasteiger partial charge < -0.3 is 19.9 Å².